The van der Waals surface area contributed by atoms with Crippen LogP contribution in [0.4, 0.5) is 5.69 Å². The van der Waals surface area contributed by atoms with Crippen LogP contribution < -0.4 is 15.4 Å². The van der Waals surface area contributed by atoms with Crippen molar-refractivity contribution in [3.63, 3.8) is 0 Å². The highest BCUT2D eigenvalue weighted by Crippen LogP contribution is 2.23. The second kappa shape index (κ2) is 8.85. The molecule has 0 fully saturated rings. The fourth-order valence-corrected chi connectivity index (χ4v) is 4.80. The summed E-state index contributed by atoms with van der Waals surface area (Å²) in [5, 5.41) is 7.34. The highest BCUT2D eigenvalue weighted by atomic mass is 32.2. The molecule has 0 radical (unpaired) electrons. The second-order valence-corrected chi connectivity index (χ2v) is 10.1. The standard InChI is InChI=1S/C19H25N3O4S2/c1-13(23)20-16(17-9-6-10-27-17)12-18(24)21-14-7-5-8-15(11-14)28(25,26)22-19(2,3)4/h5-11,16,22H,12H2,1-4H3,(H,20,23)(H,21,24)/t16-/m1/s1. The molecule has 1 atom stereocenters. The lowest BCUT2D eigenvalue weighted by atomic mass is 10.1. The Labute approximate surface area is 169 Å². The van der Waals surface area contributed by atoms with Gasteiger partial charge < -0.3 is 10.6 Å². The van der Waals surface area contributed by atoms with Gasteiger partial charge in [-0.25, -0.2) is 13.1 Å². The lowest BCUT2D eigenvalue weighted by Gasteiger charge is -2.20. The number of thiophene rings is 1. The monoisotopic (exact) mass is 423 g/mol. The van der Waals surface area contributed by atoms with Crippen molar-refractivity contribution < 1.29 is 18.0 Å². The van der Waals surface area contributed by atoms with Gasteiger partial charge >= 0.3 is 0 Å². The number of nitrogens with one attached hydrogen (secondary N) is 3. The maximum Gasteiger partial charge on any atom is 0.241 e. The number of hydrogen-bond donors (Lipinski definition) is 3. The molecule has 2 amide bonds. The van der Waals surface area contributed by atoms with Crippen molar-refractivity contribution >= 4 is 38.9 Å². The minimum Gasteiger partial charge on any atom is -0.348 e. The largest absolute Gasteiger partial charge is 0.348 e. The van der Waals surface area contributed by atoms with Crippen LogP contribution in [0.5, 0.6) is 0 Å². The summed E-state index contributed by atoms with van der Waals surface area (Å²) < 4.78 is 27.5. The highest BCUT2D eigenvalue weighted by Gasteiger charge is 2.23. The van der Waals surface area contributed by atoms with Crippen LogP contribution in [0.1, 0.15) is 45.0 Å². The van der Waals surface area contributed by atoms with E-state index < -0.39 is 21.6 Å². The van der Waals surface area contributed by atoms with Crippen LogP contribution in [0.2, 0.25) is 0 Å². The Hall–Kier alpha value is -2.23. The highest BCUT2D eigenvalue weighted by molar-refractivity contribution is 7.89. The van der Waals surface area contributed by atoms with Gasteiger partial charge in [-0.1, -0.05) is 12.1 Å². The number of sulfonamides is 1. The molecular weight excluding hydrogens is 398 g/mol. The van der Waals surface area contributed by atoms with Crippen LogP contribution in [0, 0.1) is 0 Å². The average molecular weight is 424 g/mol. The maximum absolute atomic E-state index is 12.5. The van der Waals surface area contributed by atoms with Gasteiger partial charge in [-0.15, -0.1) is 11.3 Å². The quantitative estimate of drug-likeness (QED) is 0.637. The van der Waals surface area contributed by atoms with Crippen molar-refractivity contribution in [2.45, 2.75) is 50.6 Å². The molecule has 0 bridgehead atoms. The Kier molecular flexibility index (Phi) is 6.97. The molecule has 0 saturated carbocycles. The Morgan fingerprint density at radius 3 is 2.43 bits per heavy atom. The normalized spacial score (nSPS) is 13.0. The van der Waals surface area contributed by atoms with Crippen molar-refractivity contribution in [1.82, 2.24) is 10.0 Å². The summed E-state index contributed by atoms with van der Waals surface area (Å²) in [6, 6.07) is 9.32. The number of carbonyl (C=O) groups is 2. The fourth-order valence-electron chi connectivity index (χ4n) is 2.56. The van der Waals surface area contributed by atoms with E-state index in [-0.39, 0.29) is 23.1 Å². The molecule has 2 rings (SSSR count). The molecule has 1 heterocycles. The third kappa shape index (κ3) is 6.74. The summed E-state index contributed by atoms with van der Waals surface area (Å²) >= 11 is 1.45. The third-order valence-corrected chi connectivity index (χ3v) is 6.26. The number of carbonyl (C=O) groups excluding carboxylic acids is 2. The number of rotatable bonds is 7. The van der Waals surface area contributed by atoms with Crippen LogP contribution in [-0.2, 0) is 19.6 Å². The van der Waals surface area contributed by atoms with Crippen LogP contribution in [0.15, 0.2) is 46.7 Å². The first-order chi connectivity index (χ1) is 13.0. The third-order valence-electron chi connectivity index (χ3n) is 3.52. The molecule has 0 aliphatic rings. The molecule has 2 aromatic rings. The molecule has 0 aliphatic carbocycles. The molecule has 1 aromatic carbocycles. The molecule has 28 heavy (non-hydrogen) atoms. The molecule has 3 N–H and O–H groups in total. The van der Waals surface area contributed by atoms with E-state index in [0.717, 1.165) is 4.88 Å². The lowest BCUT2D eigenvalue weighted by Crippen LogP contribution is -2.40. The van der Waals surface area contributed by atoms with Gasteiger partial charge in [0.25, 0.3) is 0 Å². The van der Waals surface area contributed by atoms with E-state index in [1.807, 2.05) is 17.5 Å². The summed E-state index contributed by atoms with van der Waals surface area (Å²) in [6.07, 6.45) is 0.0390. The van der Waals surface area contributed by atoms with Crippen LogP contribution in [-0.4, -0.2) is 25.8 Å². The minimum atomic E-state index is -3.71. The summed E-state index contributed by atoms with van der Waals surface area (Å²) in [7, 11) is -3.71. The zero-order valence-corrected chi connectivity index (χ0v) is 17.9. The number of anilines is 1. The van der Waals surface area contributed by atoms with Crippen LogP contribution in [0.3, 0.4) is 0 Å². The zero-order chi connectivity index (χ0) is 20.9. The van der Waals surface area contributed by atoms with E-state index in [2.05, 4.69) is 15.4 Å². The number of hydrogen-bond acceptors (Lipinski definition) is 5. The van der Waals surface area contributed by atoms with Gasteiger partial charge in [0.2, 0.25) is 21.8 Å². The van der Waals surface area contributed by atoms with Crippen molar-refractivity contribution in [3.05, 3.63) is 46.7 Å². The van der Waals surface area contributed by atoms with Crippen LogP contribution in [0.25, 0.3) is 0 Å². The van der Waals surface area contributed by atoms with E-state index in [0.29, 0.717) is 5.69 Å². The smallest absolute Gasteiger partial charge is 0.241 e. The zero-order valence-electron chi connectivity index (χ0n) is 16.3. The average Bonchev–Trinajstić information content (AvgIpc) is 3.06. The molecule has 1 aromatic heterocycles. The SMILES string of the molecule is CC(=O)N[C@H](CC(=O)Nc1cccc(S(=O)(=O)NC(C)(C)C)c1)c1cccs1. The maximum atomic E-state index is 12.5. The van der Waals surface area contributed by atoms with Gasteiger partial charge in [0.05, 0.1) is 17.4 Å². The van der Waals surface area contributed by atoms with E-state index in [4.69, 9.17) is 0 Å². The molecule has 152 valence electrons. The van der Waals surface area contributed by atoms with Crippen molar-refractivity contribution in [3.8, 4) is 0 Å². The van der Waals surface area contributed by atoms with Gasteiger partial charge in [-0.3, -0.25) is 9.59 Å². The lowest BCUT2D eigenvalue weighted by molar-refractivity contribution is -0.120. The van der Waals surface area contributed by atoms with Gasteiger partial charge in [-0.2, -0.15) is 0 Å². The molecule has 0 aliphatic heterocycles. The first kappa shape index (κ1) is 22.1. The Bertz CT molecular complexity index is 932. The van der Waals surface area contributed by atoms with E-state index in [1.54, 1.807) is 32.9 Å². The van der Waals surface area contributed by atoms with E-state index in [1.165, 1.54) is 30.4 Å². The van der Waals surface area contributed by atoms with Crippen molar-refractivity contribution in [2.75, 3.05) is 5.32 Å². The first-order valence-corrected chi connectivity index (χ1v) is 11.1. The molecule has 0 saturated heterocycles. The summed E-state index contributed by atoms with van der Waals surface area (Å²) in [5.41, 5.74) is -0.251. The van der Waals surface area contributed by atoms with Crippen LogP contribution >= 0.6 is 11.3 Å². The first-order valence-electron chi connectivity index (χ1n) is 8.71. The van der Waals surface area contributed by atoms with Gasteiger partial charge in [0.15, 0.2) is 0 Å². The molecule has 9 heteroatoms. The van der Waals surface area contributed by atoms with Crippen molar-refractivity contribution in [1.29, 1.82) is 0 Å². The Morgan fingerprint density at radius 2 is 1.86 bits per heavy atom. The minimum absolute atomic E-state index is 0.0390. The van der Waals surface area contributed by atoms with Gasteiger partial charge in [0, 0.05) is 23.0 Å². The van der Waals surface area contributed by atoms with Gasteiger partial charge in [0.1, 0.15) is 0 Å². The summed E-state index contributed by atoms with van der Waals surface area (Å²) in [5.74, 6) is -0.557. The molecule has 0 unspecified atom stereocenters. The molecule has 0 spiro atoms. The Morgan fingerprint density at radius 1 is 1.14 bits per heavy atom. The van der Waals surface area contributed by atoms with E-state index >= 15 is 0 Å². The van der Waals surface area contributed by atoms with Gasteiger partial charge in [-0.05, 0) is 50.4 Å². The van der Waals surface area contributed by atoms with Crippen molar-refractivity contribution in [2.24, 2.45) is 0 Å². The second-order valence-electron chi connectivity index (χ2n) is 7.40. The molecule has 7 nitrogen and oxygen atoms in total. The molecular formula is C19H25N3O4S2. The Balaban J connectivity index is 2.12. The number of amides is 2. The predicted molar refractivity (Wildman–Crippen MR) is 111 cm³/mol. The topological polar surface area (TPSA) is 104 Å². The van der Waals surface area contributed by atoms with E-state index in [9.17, 15) is 18.0 Å². The fraction of sp³-hybridized carbons (Fsp3) is 0.368. The summed E-state index contributed by atoms with van der Waals surface area (Å²) in [4.78, 5) is 24.9. The predicted octanol–water partition coefficient (Wildman–Crippen LogP) is 3.03. The number of benzene rings is 1. The summed E-state index contributed by atoms with van der Waals surface area (Å²) in [6.45, 7) is 6.66.